The molecule has 5 aromatic rings. The zero-order valence-corrected chi connectivity index (χ0v) is 22.1. The van der Waals surface area contributed by atoms with Gasteiger partial charge in [0.25, 0.3) is 5.91 Å². The van der Waals surface area contributed by atoms with E-state index in [9.17, 15) is 22.8 Å². The largest absolute Gasteiger partial charge is 0.439 e. The van der Waals surface area contributed by atoms with Gasteiger partial charge in [-0.25, -0.2) is 9.97 Å². The molecule has 1 saturated carbocycles. The third kappa shape index (κ3) is 5.92. The molecular weight excluding hydrogens is 549 g/mol. The lowest BCUT2D eigenvalue weighted by Gasteiger charge is -2.14. The number of ether oxygens (including phenoxy) is 1. The summed E-state index contributed by atoms with van der Waals surface area (Å²) in [7, 11) is 0. The van der Waals surface area contributed by atoms with Crippen LogP contribution in [0.15, 0.2) is 79.4 Å². The lowest BCUT2D eigenvalue weighted by atomic mass is 10.0. The van der Waals surface area contributed by atoms with E-state index in [2.05, 4.69) is 25.6 Å². The van der Waals surface area contributed by atoms with Crippen molar-refractivity contribution in [3.8, 4) is 17.3 Å². The molecule has 0 bridgehead atoms. The summed E-state index contributed by atoms with van der Waals surface area (Å²) in [6.45, 7) is 1.73. The summed E-state index contributed by atoms with van der Waals surface area (Å²) >= 11 is 0. The second-order valence-corrected chi connectivity index (χ2v) is 9.92. The minimum absolute atomic E-state index is 0.00152. The van der Waals surface area contributed by atoms with Crippen LogP contribution in [0.4, 0.5) is 24.8 Å². The van der Waals surface area contributed by atoms with E-state index in [-0.39, 0.29) is 40.6 Å². The lowest BCUT2D eigenvalue weighted by Crippen LogP contribution is -2.15. The van der Waals surface area contributed by atoms with Crippen LogP contribution in [0.2, 0.25) is 0 Å². The second kappa shape index (κ2) is 10.6. The third-order valence-corrected chi connectivity index (χ3v) is 6.64. The fourth-order valence-electron chi connectivity index (χ4n) is 4.42. The Balaban J connectivity index is 1.24. The number of amides is 2. The number of nitrogens with one attached hydrogen (secondary N) is 2. The van der Waals surface area contributed by atoms with Gasteiger partial charge in [0, 0.05) is 41.3 Å². The Morgan fingerprint density at radius 2 is 1.83 bits per heavy atom. The summed E-state index contributed by atoms with van der Waals surface area (Å²) in [6.07, 6.45) is 1.57. The number of hydrogen-bond donors (Lipinski definition) is 2. The molecule has 0 aliphatic heterocycles. The molecule has 2 aromatic heterocycles. The molecule has 0 unspecified atom stereocenters. The van der Waals surface area contributed by atoms with Crippen LogP contribution in [0.25, 0.3) is 16.5 Å². The minimum Gasteiger partial charge on any atom is -0.439 e. The van der Waals surface area contributed by atoms with Gasteiger partial charge in [0.05, 0.1) is 17.6 Å². The summed E-state index contributed by atoms with van der Waals surface area (Å²) in [4.78, 5) is 37.7. The van der Waals surface area contributed by atoms with E-state index in [0.717, 1.165) is 25.0 Å². The number of anilines is 2. The highest BCUT2D eigenvalue weighted by Gasteiger charge is 2.32. The zero-order valence-electron chi connectivity index (χ0n) is 22.1. The molecule has 0 atom stereocenters. The van der Waals surface area contributed by atoms with E-state index in [4.69, 9.17) is 4.74 Å². The van der Waals surface area contributed by atoms with Gasteiger partial charge in [0.1, 0.15) is 5.75 Å². The summed E-state index contributed by atoms with van der Waals surface area (Å²) in [6, 6.07) is 15.0. The molecule has 9 nitrogen and oxygen atoms in total. The number of fused-ring (bicyclic) bond motifs is 1. The Bertz CT molecular complexity index is 1830. The van der Waals surface area contributed by atoms with Crippen molar-refractivity contribution in [2.45, 2.75) is 25.9 Å². The quantitative estimate of drug-likeness (QED) is 0.229. The number of carbonyl (C=O) groups is 2. The fourth-order valence-corrected chi connectivity index (χ4v) is 4.42. The highest BCUT2D eigenvalue weighted by atomic mass is 19.4. The molecule has 6 rings (SSSR count). The maximum Gasteiger partial charge on any atom is 0.416 e. The van der Waals surface area contributed by atoms with Gasteiger partial charge in [-0.2, -0.15) is 18.2 Å². The van der Waals surface area contributed by atoms with Crippen LogP contribution in [-0.2, 0) is 11.0 Å². The van der Waals surface area contributed by atoms with Gasteiger partial charge in [-0.3, -0.25) is 14.9 Å². The average Bonchev–Trinajstić information content (AvgIpc) is 3.72. The Kier molecular flexibility index (Phi) is 6.81. The van der Waals surface area contributed by atoms with E-state index in [1.54, 1.807) is 55.6 Å². The summed E-state index contributed by atoms with van der Waals surface area (Å²) < 4.78 is 48.3. The molecule has 0 spiro atoms. The Morgan fingerprint density at radius 1 is 1.00 bits per heavy atom. The standard InChI is InChI=1S/C30H23F3N6O3/c1-17-15-39(16-35-17)22-13-20(30(31,32)33)12-21(14-22)36-28(41)25-4-2-3-19-11-23(7-8-24(19)25)42-26-9-10-34-29(37-26)38-27(40)18-5-6-18/h2-4,7-16,18H,5-6H2,1H3,(H,36,41)(H,34,37,38,40). The van der Waals surface area contributed by atoms with Gasteiger partial charge in [-0.15, -0.1) is 0 Å². The highest BCUT2D eigenvalue weighted by molar-refractivity contribution is 6.13. The molecule has 1 fully saturated rings. The van der Waals surface area contributed by atoms with E-state index in [0.29, 0.717) is 22.2 Å². The fraction of sp³-hybridized carbons (Fsp3) is 0.167. The van der Waals surface area contributed by atoms with E-state index in [1.165, 1.54) is 23.2 Å². The van der Waals surface area contributed by atoms with E-state index in [1.807, 2.05) is 0 Å². The number of hydrogen-bond acceptors (Lipinski definition) is 6. The Morgan fingerprint density at radius 3 is 2.57 bits per heavy atom. The number of carbonyl (C=O) groups excluding carboxylic acids is 2. The third-order valence-electron chi connectivity index (χ3n) is 6.64. The van der Waals surface area contributed by atoms with Crippen molar-refractivity contribution in [2.24, 2.45) is 5.92 Å². The van der Waals surface area contributed by atoms with Crippen molar-refractivity contribution in [1.29, 1.82) is 0 Å². The number of halogens is 3. The second-order valence-electron chi connectivity index (χ2n) is 9.92. The number of aryl methyl sites for hydroxylation is 1. The number of rotatable bonds is 7. The molecule has 1 aliphatic rings. The first-order valence-electron chi connectivity index (χ1n) is 13.0. The van der Waals surface area contributed by atoms with Gasteiger partial charge in [-0.1, -0.05) is 12.1 Å². The maximum atomic E-state index is 13.7. The van der Waals surface area contributed by atoms with Crippen LogP contribution in [-0.4, -0.2) is 31.3 Å². The lowest BCUT2D eigenvalue weighted by molar-refractivity contribution is -0.137. The van der Waals surface area contributed by atoms with E-state index >= 15 is 0 Å². The van der Waals surface area contributed by atoms with Crippen molar-refractivity contribution < 1.29 is 27.5 Å². The Hall–Kier alpha value is -5.26. The molecule has 2 N–H and O–H groups in total. The van der Waals surface area contributed by atoms with Gasteiger partial charge < -0.3 is 14.6 Å². The monoisotopic (exact) mass is 572 g/mol. The van der Waals surface area contributed by atoms with Gasteiger partial charge >= 0.3 is 6.18 Å². The van der Waals surface area contributed by atoms with Crippen LogP contribution in [0.3, 0.4) is 0 Å². The molecule has 0 saturated heterocycles. The predicted molar refractivity (Wildman–Crippen MR) is 149 cm³/mol. The maximum absolute atomic E-state index is 13.7. The SMILES string of the molecule is Cc1cn(-c2cc(NC(=O)c3cccc4cc(Oc5ccnc(NC(=O)C6CC6)n5)ccc34)cc(C(F)(F)F)c2)cn1. The normalized spacial score (nSPS) is 13.1. The molecule has 1 aliphatic carbocycles. The number of nitrogens with zero attached hydrogens (tertiary/aromatic N) is 4. The summed E-state index contributed by atoms with van der Waals surface area (Å²) in [5.41, 5.74) is 0.199. The van der Waals surface area contributed by atoms with Crippen LogP contribution < -0.4 is 15.4 Å². The van der Waals surface area contributed by atoms with Crippen molar-refractivity contribution >= 4 is 34.2 Å². The number of benzene rings is 3. The molecule has 2 amide bonds. The first-order valence-corrected chi connectivity index (χ1v) is 13.0. The first-order chi connectivity index (χ1) is 20.1. The van der Waals surface area contributed by atoms with Crippen molar-refractivity contribution in [3.05, 3.63) is 96.2 Å². The smallest absolute Gasteiger partial charge is 0.416 e. The molecule has 42 heavy (non-hydrogen) atoms. The molecule has 0 radical (unpaired) electrons. The van der Waals surface area contributed by atoms with Crippen LogP contribution in [0.5, 0.6) is 11.6 Å². The van der Waals surface area contributed by atoms with Crippen molar-refractivity contribution in [1.82, 2.24) is 19.5 Å². The van der Waals surface area contributed by atoms with Crippen LogP contribution >= 0.6 is 0 Å². The molecule has 12 heteroatoms. The van der Waals surface area contributed by atoms with Gasteiger partial charge in [-0.05, 0) is 73.0 Å². The first kappa shape index (κ1) is 26.9. The van der Waals surface area contributed by atoms with Crippen molar-refractivity contribution in [3.63, 3.8) is 0 Å². The summed E-state index contributed by atoms with van der Waals surface area (Å²) in [5.74, 6) is 0.0934. The molecule has 212 valence electrons. The Labute approximate surface area is 237 Å². The minimum atomic E-state index is -4.62. The zero-order chi connectivity index (χ0) is 29.4. The van der Waals surface area contributed by atoms with E-state index < -0.39 is 17.6 Å². The molecule has 3 aromatic carbocycles. The van der Waals surface area contributed by atoms with Crippen LogP contribution in [0.1, 0.15) is 34.5 Å². The van der Waals surface area contributed by atoms with Gasteiger partial charge in [0.2, 0.25) is 17.7 Å². The summed E-state index contributed by atoms with van der Waals surface area (Å²) in [5, 5.41) is 6.52. The average molecular weight is 573 g/mol. The van der Waals surface area contributed by atoms with Gasteiger partial charge in [0.15, 0.2) is 0 Å². The van der Waals surface area contributed by atoms with Crippen molar-refractivity contribution in [2.75, 3.05) is 10.6 Å². The predicted octanol–water partition coefficient (Wildman–Crippen LogP) is 6.54. The number of aromatic nitrogens is 4. The topological polar surface area (TPSA) is 111 Å². The molecule has 2 heterocycles. The highest BCUT2D eigenvalue weighted by Crippen LogP contribution is 2.34. The number of imidazole rings is 1. The number of alkyl halides is 3. The molecular formula is C30H23F3N6O3. The van der Waals surface area contributed by atoms with Crippen LogP contribution in [0, 0.1) is 12.8 Å².